The number of nitrogens with one attached hydrogen (secondary N) is 3. The van der Waals surface area contributed by atoms with E-state index in [-0.39, 0.29) is 12.1 Å². The highest BCUT2D eigenvalue weighted by atomic mass is 16.2. The standard InChI is InChI=1S/C17H21N7O5/c1-23-13(25)6-10(22-17(23)29)15(27)21-11(5-9-7-19-8-20-9)16(28)24-4-2-3-12(24)14(18)26/h6-8,11-12H,2-5H2,1H3,(H2,18,26)(H,19,20)(H,21,27)(H,22,29)/t11-,12-/m0/s1. The quantitative estimate of drug-likeness (QED) is 0.418. The first-order valence-electron chi connectivity index (χ1n) is 8.96. The summed E-state index contributed by atoms with van der Waals surface area (Å²) >= 11 is 0. The average Bonchev–Trinajstić information content (AvgIpc) is 3.36. The molecule has 154 valence electrons. The second-order valence-corrected chi connectivity index (χ2v) is 6.78. The number of likely N-dealkylation sites (tertiary alicyclic amines) is 1. The van der Waals surface area contributed by atoms with Gasteiger partial charge in [-0.25, -0.2) is 9.78 Å². The van der Waals surface area contributed by atoms with Crippen molar-refractivity contribution in [2.24, 2.45) is 12.8 Å². The van der Waals surface area contributed by atoms with Gasteiger partial charge in [-0.1, -0.05) is 0 Å². The number of hydrogen-bond donors (Lipinski definition) is 4. The summed E-state index contributed by atoms with van der Waals surface area (Å²) in [6.45, 7) is 0.338. The molecule has 5 N–H and O–H groups in total. The van der Waals surface area contributed by atoms with E-state index in [2.05, 4.69) is 20.3 Å². The van der Waals surface area contributed by atoms with E-state index in [4.69, 9.17) is 5.73 Å². The number of aromatic amines is 2. The van der Waals surface area contributed by atoms with Crippen molar-refractivity contribution in [1.29, 1.82) is 0 Å². The Balaban J connectivity index is 1.86. The van der Waals surface area contributed by atoms with E-state index < -0.39 is 41.1 Å². The van der Waals surface area contributed by atoms with Crippen LogP contribution < -0.4 is 22.3 Å². The lowest BCUT2D eigenvalue weighted by molar-refractivity contribution is -0.138. The lowest BCUT2D eigenvalue weighted by atomic mass is 10.1. The molecule has 0 radical (unpaired) electrons. The van der Waals surface area contributed by atoms with Gasteiger partial charge in [-0.15, -0.1) is 0 Å². The van der Waals surface area contributed by atoms with E-state index in [0.29, 0.717) is 25.1 Å². The molecule has 0 spiro atoms. The molecule has 3 heterocycles. The number of aromatic nitrogens is 4. The minimum Gasteiger partial charge on any atom is -0.368 e. The summed E-state index contributed by atoms with van der Waals surface area (Å²) in [5.74, 6) is -1.90. The molecule has 1 aliphatic heterocycles. The third-order valence-electron chi connectivity index (χ3n) is 4.84. The van der Waals surface area contributed by atoms with Crippen LogP contribution in [0, 0.1) is 0 Å². The van der Waals surface area contributed by atoms with Crippen molar-refractivity contribution >= 4 is 17.7 Å². The fraction of sp³-hybridized carbons (Fsp3) is 0.412. The number of primary amides is 1. The first kappa shape index (κ1) is 20.0. The van der Waals surface area contributed by atoms with Crippen LogP contribution in [0.3, 0.4) is 0 Å². The van der Waals surface area contributed by atoms with Crippen LogP contribution in [0.4, 0.5) is 0 Å². The first-order chi connectivity index (χ1) is 13.8. The fourth-order valence-corrected chi connectivity index (χ4v) is 3.26. The SMILES string of the molecule is Cn1c(=O)cc(C(=O)N[C@@H](Cc2cnc[nH]2)C(=O)N2CCC[C@H]2C(N)=O)[nH]c1=O. The highest BCUT2D eigenvalue weighted by molar-refractivity contribution is 5.97. The van der Waals surface area contributed by atoms with Gasteiger partial charge < -0.3 is 25.9 Å². The van der Waals surface area contributed by atoms with E-state index in [0.717, 1.165) is 10.6 Å². The van der Waals surface area contributed by atoms with E-state index in [1.807, 2.05) is 0 Å². The summed E-state index contributed by atoms with van der Waals surface area (Å²) in [6, 6.07) is -0.834. The van der Waals surface area contributed by atoms with Crippen LogP contribution in [0.25, 0.3) is 0 Å². The van der Waals surface area contributed by atoms with Gasteiger partial charge in [-0.3, -0.25) is 23.7 Å². The number of imidazole rings is 1. The van der Waals surface area contributed by atoms with E-state index in [1.54, 1.807) is 0 Å². The third kappa shape index (κ3) is 4.25. The predicted molar refractivity (Wildman–Crippen MR) is 99.8 cm³/mol. The third-order valence-corrected chi connectivity index (χ3v) is 4.84. The summed E-state index contributed by atoms with van der Waals surface area (Å²) in [6.07, 6.45) is 4.07. The minimum absolute atomic E-state index is 0.0711. The molecule has 0 aliphatic carbocycles. The molecule has 12 heteroatoms. The number of H-pyrrole nitrogens is 2. The summed E-state index contributed by atoms with van der Waals surface area (Å²) in [5, 5.41) is 2.53. The molecule has 3 amide bonds. The van der Waals surface area contributed by atoms with E-state index in [9.17, 15) is 24.0 Å². The van der Waals surface area contributed by atoms with Gasteiger partial charge in [0.05, 0.1) is 6.33 Å². The number of nitrogens with zero attached hydrogens (tertiary/aromatic N) is 3. The Morgan fingerprint density at radius 2 is 2.14 bits per heavy atom. The molecule has 2 aromatic heterocycles. The molecule has 3 rings (SSSR count). The Labute approximate surface area is 164 Å². The molecule has 29 heavy (non-hydrogen) atoms. The normalized spacial score (nSPS) is 17.1. The molecule has 12 nitrogen and oxygen atoms in total. The second kappa shape index (κ2) is 8.12. The van der Waals surface area contributed by atoms with Crippen LogP contribution in [0.2, 0.25) is 0 Å². The van der Waals surface area contributed by atoms with Gasteiger partial charge in [0.15, 0.2) is 0 Å². The zero-order chi connectivity index (χ0) is 21.1. The van der Waals surface area contributed by atoms with Crippen LogP contribution in [-0.4, -0.2) is 60.8 Å². The number of carbonyl (C=O) groups excluding carboxylic acids is 3. The van der Waals surface area contributed by atoms with Gasteiger partial charge in [0.1, 0.15) is 17.8 Å². The number of amides is 3. The molecule has 0 saturated carbocycles. The molecule has 1 aliphatic rings. The maximum absolute atomic E-state index is 13.1. The monoisotopic (exact) mass is 403 g/mol. The van der Waals surface area contributed by atoms with Crippen molar-refractivity contribution in [3.63, 3.8) is 0 Å². The smallest absolute Gasteiger partial charge is 0.328 e. The largest absolute Gasteiger partial charge is 0.368 e. The molecule has 0 unspecified atom stereocenters. The van der Waals surface area contributed by atoms with E-state index in [1.165, 1.54) is 24.5 Å². The van der Waals surface area contributed by atoms with Crippen molar-refractivity contribution in [2.75, 3.05) is 6.54 Å². The Morgan fingerprint density at radius 1 is 1.38 bits per heavy atom. The van der Waals surface area contributed by atoms with Gasteiger partial charge in [-0.2, -0.15) is 0 Å². The maximum atomic E-state index is 13.1. The Morgan fingerprint density at radius 3 is 2.76 bits per heavy atom. The molecule has 2 aromatic rings. The first-order valence-corrected chi connectivity index (χ1v) is 8.96. The molecular weight excluding hydrogens is 382 g/mol. The summed E-state index contributed by atoms with van der Waals surface area (Å²) < 4.78 is 0.811. The fourth-order valence-electron chi connectivity index (χ4n) is 3.26. The topological polar surface area (TPSA) is 176 Å². The predicted octanol–water partition coefficient (Wildman–Crippen LogP) is -2.39. The highest BCUT2D eigenvalue weighted by Crippen LogP contribution is 2.19. The van der Waals surface area contributed by atoms with Crippen molar-refractivity contribution in [3.05, 3.63) is 50.8 Å². The minimum atomic E-state index is -1.06. The van der Waals surface area contributed by atoms with Crippen molar-refractivity contribution in [3.8, 4) is 0 Å². The number of nitrogens with two attached hydrogens (primary N) is 1. The van der Waals surface area contributed by atoms with Crippen molar-refractivity contribution < 1.29 is 14.4 Å². The molecule has 0 bridgehead atoms. The zero-order valence-electron chi connectivity index (χ0n) is 15.7. The maximum Gasteiger partial charge on any atom is 0.328 e. The van der Waals surface area contributed by atoms with Crippen molar-refractivity contribution in [2.45, 2.75) is 31.3 Å². The molecular formula is C17H21N7O5. The van der Waals surface area contributed by atoms with Gasteiger partial charge in [0.2, 0.25) is 11.8 Å². The summed E-state index contributed by atoms with van der Waals surface area (Å²) in [5.41, 5.74) is 4.28. The van der Waals surface area contributed by atoms with Gasteiger partial charge >= 0.3 is 5.69 Å². The van der Waals surface area contributed by atoms with Crippen LogP contribution in [0.1, 0.15) is 29.0 Å². The lowest BCUT2D eigenvalue weighted by Gasteiger charge is -2.27. The molecule has 1 fully saturated rings. The number of rotatable bonds is 6. The molecule has 2 atom stereocenters. The highest BCUT2D eigenvalue weighted by Gasteiger charge is 2.37. The van der Waals surface area contributed by atoms with Crippen molar-refractivity contribution in [1.82, 2.24) is 29.7 Å². The summed E-state index contributed by atoms with van der Waals surface area (Å²) in [7, 11) is 1.27. The Kier molecular flexibility index (Phi) is 5.61. The van der Waals surface area contributed by atoms with Gasteiger partial charge in [-0.05, 0) is 12.8 Å². The Hall–Kier alpha value is -3.70. The van der Waals surface area contributed by atoms with Gasteiger partial charge in [0.25, 0.3) is 11.5 Å². The van der Waals surface area contributed by atoms with Gasteiger partial charge in [0, 0.05) is 38.0 Å². The Bertz CT molecular complexity index is 1010. The van der Waals surface area contributed by atoms with Crippen LogP contribution >= 0.6 is 0 Å². The van der Waals surface area contributed by atoms with Crippen LogP contribution in [0.5, 0.6) is 0 Å². The molecule has 1 saturated heterocycles. The zero-order valence-corrected chi connectivity index (χ0v) is 15.7. The average molecular weight is 403 g/mol. The van der Waals surface area contributed by atoms with Crippen LogP contribution in [0.15, 0.2) is 28.2 Å². The number of hydrogen-bond acceptors (Lipinski definition) is 6. The number of carbonyl (C=O) groups is 3. The van der Waals surface area contributed by atoms with E-state index >= 15 is 0 Å². The second-order valence-electron chi connectivity index (χ2n) is 6.78. The lowest BCUT2D eigenvalue weighted by Crippen LogP contribution is -2.54. The summed E-state index contributed by atoms with van der Waals surface area (Å²) in [4.78, 5) is 71.3. The van der Waals surface area contributed by atoms with Crippen LogP contribution in [-0.2, 0) is 23.1 Å². The molecule has 0 aromatic carbocycles.